The molecule has 0 aliphatic carbocycles. The van der Waals surface area contributed by atoms with E-state index in [0.717, 1.165) is 6.42 Å². The van der Waals surface area contributed by atoms with Crippen LogP contribution in [0.25, 0.3) is 10.9 Å². The first kappa shape index (κ1) is 13.6. The quantitative estimate of drug-likeness (QED) is 0.804. The maximum Gasteiger partial charge on any atom is 0.341 e. The topological polar surface area (TPSA) is 48.4 Å². The van der Waals surface area contributed by atoms with Crippen LogP contribution in [0.15, 0.2) is 24.4 Å². The van der Waals surface area contributed by atoms with Gasteiger partial charge in [-0.3, -0.25) is 4.98 Å². The summed E-state index contributed by atoms with van der Waals surface area (Å²) in [4.78, 5) is 16.1. The van der Waals surface area contributed by atoms with E-state index >= 15 is 0 Å². The van der Waals surface area contributed by atoms with Gasteiger partial charge in [-0.05, 0) is 12.5 Å². The maximum atomic E-state index is 11.8. The van der Waals surface area contributed by atoms with E-state index in [9.17, 15) is 4.79 Å². The van der Waals surface area contributed by atoms with Gasteiger partial charge in [0.1, 0.15) is 11.3 Å². The lowest BCUT2D eigenvalue weighted by molar-refractivity contribution is 0.0505. The number of fused-ring (bicyclic) bond motifs is 1. The number of rotatable bonds is 4. The molecule has 1 aromatic carbocycles. The molecule has 0 saturated carbocycles. The molecule has 2 aromatic rings. The van der Waals surface area contributed by atoms with Gasteiger partial charge in [0.25, 0.3) is 0 Å². The molecule has 0 saturated heterocycles. The fourth-order valence-corrected chi connectivity index (χ4v) is 2.02. The SMILES string of the molecule is CCCOC(=O)c1cnc2c(OC)cccc2c1Cl. The Kier molecular flexibility index (Phi) is 4.22. The monoisotopic (exact) mass is 279 g/mol. The van der Waals surface area contributed by atoms with Gasteiger partial charge in [-0.15, -0.1) is 0 Å². The van der Waals surface area contributed by atoms with Gasteiger partial charge < -0.3 is 9.47 Å². The number of pyridine rings is 1. The lowest BCUT2D eigenvalue weighted by Gasteiger charge is -2.09. The summed E-state index contributed by atoms with van der Waals surface area (Å²) >= 11 is 6.25. The second kappa shape index (κ2) is 5.89. The van der Waals surface area contributed by atoms with E-state index in [0.29, 0.717) is 28.3 Å². The van der Waals surface area contributed by atoms with Crippen LogP contribution in [-0.4, -0.2) is 24.7 Å². The number of hydrogen-bond acceptors (Lipinski definition) is 4. The van der Waals surface area contributed by atoms with Crippen LogP contribution in [0.1, 0.15) is 23.7 Å². The summed E-state index contributed by atoms with van der Waals surface area (Å²) in [6, 6.07) is 5.39. The van der Waals surface area contributed by atoms with Crippen molar-refractivity contribution in [2.75, 3.05) is 13.7 Å². The number of carbonyl (C=O) groups is 1. The zero-order valence-corrected chi connectivity index (χ0v) is 11.5. The summed E-state index contributed by atoms with van der Waals surface area (Å²) < 4.78 is 10.3. The van der Waals surface area contributed by atoms with Crippen LogP contribution in [-0.2, 0) is 4.74 Å². The van der Waals surface area contributed by atoms with Gasteiger partial charge in [-0.2, -0.15) is 0 Å². The highest BCUT2D eigenvalue weighted by atomic mass is 35.5. The first-order valence-electron chi connectivity index (χ1n) is 5.97. The van der Waals surface area contributed by atoms with Crippen molar-refractivity contribution in [3.8, 4) is 5.75 Å². The van der Waals surface area contributed by atoms with E-state index in [4.69, 9.17) is 21.1 Å². The number of esters is 1. The second-order valence-electron chi connectivity index (χ2n) is 3.98. The van der Waals surface area contributed by atoms with Crippen LogP contribution in [0.2, 0.25) is 5.02 Å². The number of nitrogens with zero attached hydrogens (tertiary/aromatic N) is 1. The van der Waals surface area contributed by atoms with E-state index in [1.165, 1.54) is 6.20 Å². The Bertz CT molecular complexity index is 613. The molecule has 0 radical (unpaired) electrons. The zero-order chi connectivity index (χ0) is 13.8. The van der Waals surface area contributed by atoms with Gasteiger partial charge in [0.05, 0.1) is 24.3 Å². The van der Waals surface area contributed by atoms with Crippen molar-refractivity contribution in [1.29, 1.82) is 0 Å². The third-order valence-electron chi connectivity index (χ3n) is 2.67. The molecule has 19 heavy (non-hydrogen) atoms. The van der Waals surface area contributed by atoms with Crippen molar-refractivity contribution >= 4 is 28.5 Å². The fraction of sp³-hybridized carbons (Fsp3) is 0.286. The predicted octanol–water partition coefficient (Wildman–Crippen LogP) is 3.46. The molecule has 5 heteroatoms. The van der Waals surface area contributed by atoms with E-state index in [2.05, 4.69) is 4.98 Å². The fourth-order valence-electron chi connectivity index (χ4n) is 1.74. The Morgan fingerprint density at radius 2 is 2.21 bits per heavy atom. The molecule has 2 rings (SSSR count). The summed E-state index contributed by atoms with van der Waals surface area (Å²) in [5, 5.41) is 1.01. The molecular weight excluding hydrogens is 266 g/mol. The van der Waals surface area contributed by atoms with Crippen molar-refractivity contribution in [1.82, 2.24) is 4.98 Å². The summed E-state index contributed by atoms with van der Waals surface area (Å²) in [5.74, 6) is 0.164. The van der Waals surface area contributed by atoms with Crippen molar-refractivity contribution in [3.63, 3.8) is 0 Å². The van der Waals surface area contributed by atoms with Crippen molar-refractivity contribution in [2.45, 2.75) is 13.3 Å². The van der Waals surface area contributed by atoms with Gasteiger partial charge in [0.15, 0.2) is 0 Å². The van der Waals surface area contributed by atoms with Gasteiger partial charge >= 0.3 is 5.97 Å². The molecule has 0 amide bonds. The van der Waals surface area contributed by atoms with Crippen LogP contribution in [0.3, 0.4) is 0 Å². The molecule has 100 valence electrons. The van der Waals surface area contributed by atoms with Gasteiger partial charge in [0, 0.05) is 11.6 Å². The van der Waals surface area contributed by atoms with Crippen molar-refractivity contribution in [2.24, 2.45) is 0 Å². The molecular formula is C14H14ClNO3. The first-order valence-corrected chi connectivity index (χ1v) is 6.35. The molecule has 0 aliphatic heterocycles. The number of halogens is 1. The average molecular weight is 280 g/mol. The molecule has 0 unspecified atom stereocenters. The molecule has 0 bridgehead atoms. The number of aromatic nitrogens is 1. The summed E-state index contributed by atoms with van der Waals surface area (Å²) in [5.41, 5.74) is 0.901. The molecule has 0 spiro atoms. The molecule has 4 nitrogen and oxygen atoms in total. The largest absolute Gasteiger partial charge is 0.494 e. The Morgan fingerprint density at radius 3 is 2.89 bits per heavy atom. The standard InChI is InChI=1S/C14H14ClNO3/c1-3-7-19-14(17)10-8-16-13-9(12(10)15)5-4-6-11(13)18-2/h4-6,8H,3,7H2,1-2H3. The average Bonchev–Trinajstić information content (AvgIpc) is 2.44. The molecule has 1 aromatic heterocycles. The number of carbonyl (C=O) groups excluding carboxylic acids is 1. The van der Waals surface area contributed by atoms with Crippen LogP contribution < -0.4 is 4.74 Å². The minimum absolute atomic E-state index is 0.274. The Morgan fingerprint density at radius 1 is 1.42 bits per heavy atom. The minimum atomic E-state index is -0.455. The Balaban J connectivity index is 2.49. The highest BCUT2D eigenvalue weighted by Crippen LogP contribution is 2.31. The van der Waals surface area contributed by atoms with Crippen LogP contribution in [0, 0.1) is 0 Å². The van der Waals surface area contributed by atoms with Crippen LogP contribution in [0.5, 0.6) is 5.75 Å². The maximum absolute atomic E-state index is 11.8. The van der Waals surface area contributed by atoms with E-state index in [1.807, 2.05) is 6.92 Å². The summed E-state index contributed by atoms with van der Waals surface area (Å²) in [6.07, 6.45) is 2.18. The minimum Gasteiger partial charge on any atom is -0.494 e. The Labute approximate surface area is 116 Å². The third kappa shape index (κ3) is 2.63. The predicted molar refractivity (Wildman–Crippen MR) is 73.9 cm³/mol. The summed E-state index contributed by atoms with van der Waals surface area (Å²) in [6.45, 7) is 2.30. The number of ether oxygens (including phenoxy) is 2. The Hall–Kier alpha value is -1.81. The highest BCUT2D eigenvalue weighted by Gasteiger charge is 2.16. The molecule has 0 aliphatic rings. The smallest absolute Gasteiger partial charge is 0.341 e. The van der Waals surface area contributed by atoms with Crippen molar-refractivity contribution in [3.05, 3.63) is 35.0 Å². The van der Waals surface area contributed by atoms with Crippen LogP contribution >= 0.6 is 11.6 Å². The molecule has 0 atom stereocenters. The number of benzene rings is 1. The number of methoxy groups -OCH3 is 1. The summed E-state index contributed by atoms with van der Waals surface area (Å²) in [7, 11) is 1.56. The molecule has 0 fully saturated rings. The van der Waals surface area contributed by atoms with E-state index < -0.39 is 5.97 Å². The van der Waals surface area contributed by atoms with Crippen molar-refractivity contribution < 1.29 is 14.3 Å². The first-order chi connectivity index (χ1) is 9.19. The van der Waals surface area contributed by atoms with Gasteiger partial charge in [-0.25, -0.2) is 4.79 Å². The lowest BCUT2D eigenvalue weighted by atomic mass is 10.1. The molecule has 1 heterocycles. The van der Waals surface area contributed by atoms with Crippen LogP contribution in [0.4, 0.5) is 0 Å². The zero-order valence-electron chi connectivity index (χ0n) is 10.8. The van der Waals surface area contributed by atoms with E-state index in [1.54, 1.807) is 25.3 Å². The normalized spacial score (nSPS) is 10.5. The lowest BCUT2D eigenvalue weighted by Crippen LogP contribution is -2.07. The van der Waals surface area contributed by atoms with Gasteiger partial charge in [0.2, 0.25) is 0 Å². The third-order valence-corrected chi connectivity index (χ3v) is 3.08. The highest BCUT2D eigenvalue weighted by molar-refractivity contribution is 6.38. The molecule has 0 N–H and O–H groups in total. The second-order valence-corrected chi connectivity index (χ2v) is 4.36. The van der Waals surface area contributed by atoms with E-state index in [-0.39, 0.29) is 5.56 Å². The number of hydrogen-bond donors (Lipinski definition) is 0. The van der Waals surface area contributed by atoms with Gasteiger partial charge in [-0.1, -0.05) is 30.7 Å². The number of para-hydroxylation sites is 1.